The summed E-state index contributed by atoms with van der Waals surface area (Å²) in [6.45, 7) is 4.24. The maximum absolute atomic E-state index is 12.6. The molecule has 0 saturated carbocycles. The highest BCUT2D eigenvalue weighted by molar-refractivity contribution is 7.80. The van der Waals surface area contributed by atoms with Crippen LogP contribution in [0.4, 0.5) is 0 Å². The largest absolute Gasteiger partial charge is 0.389 e. The number of carbonyl (C=O) groups is 1. The molecule has 102 valence electrons. The van der Waals surface area contributed by atoms with Crippen LogP contribution in [0, 0.1) is 0 Å². The zero-order valence-electron chi connectivity index (χ0n) is 11.4. The number of hydrogen-bond donors (Lipinski definition) is 1. The van der Waals surface area contributed by atoms with Crippen molar-refractivity contribution in [3.8, 4) is 0 Å². The second-order valence-electron chi connectivity index (χ2n) is 5.28. The van der Waals surface area contributed by atoms with Crippen LogP contribution in [0.25, 0.3) is 0 Å². The highest BCUT2D eigenvalue weighted by Gasteiger charge is 2.29. The molecule has 2 unspecified atom stereocenters. The molecule has 1 heterocycles. The molecule has 1 amide bonds. The Morgan fingerprint density at radius 2 is 1.63 bits per heavy atom. The Hall–Kier alpha value is -1.42. The predicted octanol–water partition coefficient (Wildman–Crippen LogP) is 2.72. The molecule has 0 aromatic heterocycles. The van der Waals surface area contributed by atoms with Crippen LogP contribution >= 0.6 is 12.2 Å². The lowest BCUT2D eigenvalue weighted by atomic mass is 9.96. The standard InChI is InChI=1S/C15H20N2OS/c1-10-4-3-5-11(2)17(10)15(18)13-8-6-12(7-9-13)14(16)19/h6-11H,3-5H2,1-2H3,(H2,16,19). The van der Waals surface area contributed by atoms with Gasteiger partial charge in [-0.1, -0.05) is 24.4 Å². The minimum absolute atomic E-state index is 0.106. The van der Waals surface area contributed by atoms with E-state index in [-0.39, 0.29) is 5.91 Å². The summed E-state index contributed by atoms with van der Waals surface area (Å²) in [6, 6.07) is 7.87. The third kappa shape index (κ3) is 2.95. The molecule has 2 atom stereocenters. The van der Waals surface area contributed by atoms with Crippen LogP contribution in [0.5, 0.6) is 0 Å². The Bertz CT molecular complexity index is 473. The first-order valence-electron chi connectivity index (χ1n) is 6.73. The van der Waals surface area contributed by atoms with Gasteiger partial charge in [0.25, 0.3) is 5.91 Å². The van der Waals surface area contributed by atoms with E-state index in [0.717, 1.165) is 18.4 Å². The van der Waals surface area contributed by atoms with Crippen LogP contribution in [0.15, 0.2) is 24.3 Å². The summed E-state index contributed by atoms with van der Waals surface area (Å²) in [5, 5.41) is 0. The molecule has 1 aliphatic heterocycles. The van der Waals surface area contributed by atoms with Crippen molar-refractivity contribution in [1.29, 1.82) is 0 Å². The normalized spacial score (nSPS) is 23.2. The highest BCUT2D eigenvalue weighted by Crippen LogP contribution is 2.24. The summed E-state index contributed by atoms with van der Waals surface area (Å²) in [7, 11) is 0. The molecule has 1 aromatic carbocycles. The van der Waals surface area contributed by atoms with Gasteiger partial charge < -0.3 is 10.6 Å². The molecule has 4 heteroatoms. The molecule has 1 fully saturated rings. The average Bonchev–Trinajstić information content (AvgIpc) is 2.38. The number of piperidine rings is 1. The van der Waals surface area contributed by atoms with Crippen LogP contribution in [0.2, 0.25) is 0 Å². The number of nitrogens with zero attached hydrogens (tertiary/aromatic N) is 1. The van der Waals surface area contributed by atoms with Crippen molar-refractivity contribution in [2.75, 3.05) is 0 Å². The highest BCUT2D eigenvalue weighted by atomic mass is 32.1. The fourth-order valence-electron chi connectivity index (χ4n) is 2.75. The van der Waals surface area contributed by atoms with Gasteiger partial charge in [-0.2, -0.15) is 0 Å². The monoisotopic (exact) mass is 276 g/mol. The molecule has 0 radical (unpaired) electrons. The van der Waals surface area contributed by atoms with Gasteiger partial charge in [-0.3, -0.25) is 4.79 Å². The van der Waals surface area contributed by atoms with Crippen LogP contribution in [-0.2, 0) is 0 Å². The molecular weight excluding hydrogens is 256 g/mol. The third-order valence-corrected chi connectivity index (χ3v) is 4.08. The van der Waals surface area contributed by atoms with Crippen molar-refractivity contribution in [1.82, 2.24) is 4.90 Å². The molecule has 2 N–H and O–H groups in total. The zero-order chi connectivity index (χ0) is 14.0. The molecule has 2 rings (SSSR count). The van der Waals surface area contributed by atoms with Crippen molar-refractivity contribution >= 4 is 23.1 Å². The lowest BCUT2D eigenvalue weighted by Gasteiger charge is -2.39. The number of carbonyl (C=O) groups excluding carboxylic acids is 1. The Labute approximate surface area is 119 Å². The van der Waals surface area contributed by atoms with Gasteiger partial charge in [-0.05, 0) is 45.2 Å². The van der Waals surface area contributed by atoms with Crippen LogP contribution in [0.1, 0.15) is 49.0 Å². The third-order valence-electron chi connectivity index (χ3n) is 3.84. The van der Waals surface area contributed by atoms with Crippen LogP contribution < -0.4 is 5.73 Å². The number of benzene rings is 1. The van der Waals surface area contributed by atoms with E-state index < -0.39 is 0 Å². The Balaban J connectivity index is 2.20. The molecule has 0 aliphatic carbocycles. The molecule has 0 bridgehead atoms. The van der Waals surface area contributed by atoms with E-state index in [1.54, 1.807) is 0 Å². The van der Waals surface area contributed by atoms with Crippen LogP contribution in [-0.4, -0.2) is 27.9 Å². The SMILES string of the molecule is CC1CCCC(C)N1C(=O)c1ccc(C(N)=S)cc1. The minimum atomic E-state index is 0.106. The van der Waals surface area contributed by atoms with E-state index in [9.17, 15) is 4.79 Å². The molecule has 19 heavy (non-hydrogen) atoms. The topological polar surface area (TPSA) is 46.3 Å². The van der Waals surface area contributed by atoms with Crippen molar-refractivity contribution in [3.05, 3.63) is 35.4 Å². The van der Waals surface area contributed by atoms with Crippen molar-refractivity contribution in [3.63, 3.8) is 0 Å². The number of thiocarbonyl (C=S) groups is 1. The maximum Gasteiger partial charge on any atom is 0.254 e. The lowest BCUT2D eigenvalue weighted by Crippen LogP contribution is -2.47. The van der Waals surface area contributed by atoms with E-state index in [2.05, 4.69) is 13.8 Å². The first-order valence-corrected chi connectivity index (χ1v) is 7.14. The van der Waals surface area contributed by atoms with E-state index >= 15 is 0 Å². The molecule has 0 spiro atoms. The minimum Gasteiger partial charge on any atom is -0.389 e. The smallest absolute Gasteiger partial charge is 0.254 e. The van der Waals surface area contributed by atoms with Gasteiger partial charge >= 0.3 is 0 Å². The summed E-state index contributed by atoms with van der Waals surface area (Å²) >= 11 is 4.92. The molecular formula is C15H20N2OS. The predicted molar refractivity (Wildman–Crippen MR) is 81.3 cm³/mol. The van der Waals surface area contributed by atoms with E-state index in [0.29, 0.717) is 22.6 Å². The Kier molecular flexibility index (Phi) is 4.20. The van der Waals surface area contributed by atoms with E-state index in [4.69, 9.17) is 18.0 Å². The summed E-state index contributed by atoms with van der Waals surface area (Å²) in [5.41, 5.74) is 7.07. The van der Waals surface area contributed by atoms with Crippen molar-refractivity contribution in [2.45, 2.75) is 45.2 Å². The van der Waals surface area contributed by atoms with Gasteiger partial charge in [-0.15, -0.1) is 0 Å². The second-order valence-corrected chi connectivity index (χ2v) is 5.72. The van der Waals surface area contributed by atoms with Gasteiger partial charge in [0.05, 0.1) is 0 Å². The first kappa shape index (κ1) is 14.0. The van der Waals surface area contributed by atoms with Gasteiger partial charge in [0.2, 0.25) is 0 Å². The summed E-state index contributed by atoms with van der Waals surface area (Å²) in [5.74, 6) is 0.106. The number of likely N-dealkylation sites (tertiary alicyclic amines) is 1. The first-order chi connectivity index (χ1) is 9.00. The summed E-state index contributed by atoms with van der Waals surface area (Å²) < 4.78 is 0. The molecule has 1 saturated heterocycles. The second kappa shape index (κ2) is 5.70. The fraction of sp³-hybridized carbons (Fsp3) is 0.467. The van der Waals surface area contributed by atoms with Crippen molar-refractivity contribution < 1.29 is 4.79 Å². The number of nitrogens with two attached hydrogens (primary N) is 1. The average molecular weight is 276 g/mol. The van der Waals surface area contributed by atoms with Gasteiger partial charge in [0.15, 0.2) is 0 Å². The van der Waals surface area contributed by atoms with Crippen molar-refractivity contribution in [2.24, 2.45) is 5.73 Å². The number of amides is 1. The Morgan fingerprint density at radius 1 is 1.16 bits per heavy atom. The van der Waals surface area contributed by atoms with Crippen LogP contribution in [0.3, 0.4) is 0 Å². The number of rotatable bonds is 2. The lowest BCUT2D eigenvalue weighted by molar-refractivity contribution is 0.0511. The zero-order valence-corrected chi connectivity index (χ0v) is 12.2. The summed E-state index contributed by atoms with van der Waals surface area (Å²) in [6.07, 6.45) is 3.37. The van der Waals surface area contributed by atoms with Gasteiger partial charge in [0.1, 0.15) is 4.99 Å². The Morgan fingerprint density at radius 3 is 2.11 bits per heavy atom. The van der Waals surface area contributed by atoms with E-state index in [1.165, 1.54) is 6.42 Å². The summed E-state index contributed by atoms with van der Waals surface area (Å²) in [4.78, 5) is 14.9. The fourth-order valence-corrected chi connectivity index (χ4v) is 2.88. The number of hydrogen-bond acceptors (Lipinski definition) is 2. The van der Waals surface area contributed by atoms with Gasteiger partial charge in [0, 0.05) is 23.2 Å². The molecule has 1 aromatic rings. The molecule has 3 nitrogen and oxygen atoms in total. The van der Waals surface area contributed by atoms with E-state index in [1.807, 2.05) is 29.2 Å². The van der Waals surface area contributed by atoms with Gasteiger partial charge in [-0.25, -0.2) is 0 Å². The quantitative estimate of drug-likeness (QED) is 0.845. The molecule has 1 aliphatic rings. The maximum atomic E-state index is 12.6.